The van der Waals surface area contributed by atoms with Crippen molar-refractivity contribution in [2.45, 2.75) is 31.1 Å². The summed E-state index contributed by atoms with van der Waals surface area (Å²) in [7, 11) is -3.79. The maximum absolute atomic E-state index is 13.0. The number of piperidine rings is 1. The van der Waals surface area contributed by atoms with E-state index in [0.29, 0.717) is 11.5 Å². The number of benzene rings is 2. The van der Waals surface area contributed by atoms with Gasteiger partial charge in [-0.05, 0) is 74.7 Å². The van der Waals surface area contributed by atoms with E-state index in [2.05, 4.69) is 24.9 Å². The number of rotatable bonds is 6. The van der Waals surface area contributed by atoms with Crippen LogP contribution in [-0.4, -0.2) is 31.5 Å². The standard InChI is InChI=1S/C22H24FN5O2S/c1-16-15-21(26-22(24-16)28-13-3-2-4-14-28)25-18-7-9-19(10-8-18)27-31(29,30)20-11-5-17(23)6-12-20/h5-12,15,27H,2-4,13-14H2,1H3,(H,24,25,26). The van der Waals surface area contributed by atoms with Gasteiger partial charge in [0, 0.05) is 36.2 Å². The molecule has 3 aromatic rings. The van der Waals surface area contributed by atoms with Gasteiger partial charge in [-0.25, -0.2) is 17.8 Å². The number of sulfonamides is 1. The molecule has 1 fully saturated rings. The molecule has 2 aromatic carbocycles. The Bertz CT molecular complexity index is 1150. The Kier molecular flexibility index (Phi) is 6.03. The Hall–Kier alpha value is -3.20. The minimum Gasteiger partial charge on any atom is -0.341 e. The van der Waals surface area contributed by atoms with Crippen LogP contribution >= 0.6 is 0 Å². The molecule has 1 aromatic heterocycles. The zero-order valence-electron chi connectivity index (χ0n) is 17.2. The number of nitrogens with one attached hydrogen (secondary N) is 2. The monoisotopic (exact) mass is 441 g/mol. The molecule has 0 bridgehead atoms. The van der Waals surface area contributed by atoms with E-state index in [9.17, 15) is 12.8 Å². The fraction of sp³-hybridized carbons (Fsp3) is 0.273. The average Bonchev–Trinajstić information content (AvgIpc) is 2.75. The van der Waals surface area contributed by atoms with Gasteiger partial charge in [0.1, 0.15) is 11.6 Å². The average molecular weight is 442 g/mol. The Morgan fingerprint density at radius 1 is 0.903 bits per heavy atom. The molecule has 0 spiro atoms. The highest BCUT2D eigenvalue weighted by molar-refractivity contribution is 7.92. The van der Waals surface area contributed by atoms with Gasteiger partial charge in [0.15, 0.2) is 0 Å². The maximum atomic E-state index is 13.0. The van der Waals surface area contributed by atoms with Crippen LogP contribution in [0.5, 0.6) is 0 Å². The van der Waals surface area contributed by atoms with E-state index in [1.807, 2.05) is 13.0 Å². The highest BCUT2D eigenvalue weighted by Crippen LogP contribution is 2.23. The lowest BCUT2D eigenvalue weighted by Crippen LogP contribution is -2.31. The van der Waals surface area contributed by atoms with Crippen LogP contribution < -0.4 is 14.9 Å². The van der Waals surface area contributed by atoms with E-state index in [1.54, 1.807) is 24.3 Å². The van der Waals surface area contributed by atoms with Gasteiger partial charge in [0.05, 0.1) is 4.90 Å². The third-order valence-electron chi connectivity index (χ3n) is 5.01. The quantitative estimate of drug-likeness (QED) is 0.587. The Balaban J connectivity index is 1.46. The molecule has 7 nitrogen and oxygen atoms in total. The summed E-state index contributed by atoms with van der Waals surface area (Å²) in [5, 5.41) is 3.26. The summed E-state index contributed by atoms with van der Waals surface area (Å²) in [6.45, 7) is 3.87. The molecular formula is C22H24FN5O2S. The second-order valence-electron chi connectivity index (χ2n) is 7.50. The van der Waals surface area contributed by atoms with E-state index in [1.165, 1.54) is 18.6 Å². The first-order chi connectivity index (χ1) is 14.9. The summed E-state index contributed by atoms with van der Waals surface area (Å²) in [6, 6.07) is 13.4. The van der Waals surface area contributed by atoms with Crippen LogP contribution in [0, 0.1) is 12.7 Å². The SMILES string of the molecule is Cc1cc(Nc2ccc(NS(=O)(=O)c3ccc(F)cc3)cc2)nc(N2CCCCC2)n1. The molecule has 9 heteroatoms. The highest BCUT2D eigenvalue weighted by Gasteiger charge is 2.16. The lowest BCUT2D eigenvalue weighted by Gasteiger charge is -2.27. The molecule has 0 atom stereocenters. The van der Waals surface area contributed by atoms with Crippen LogP contribution in [0.4, 0.5) is 27.5 Å². The molecule has 0 unspecified atom stereocenters. The topological polar surface area (TPSA) is 87.2 Å². The van der Waals surface area contributed by atoms with E-state index >= 15 is 0 Å². The number of anilines is 4. The molecule has 1 saturated heterocycles. The van der Waals surface area contributed by atoms with Gasteiger partial charge in [-0.3, -0.25) is 4.72 Å². The molecule has 0 radical (unpaired) electrons. The third kappa shape index (κ3) is 5.29. The summed E-state index contributed by atoms with van der Waals surface area (Å²) in [4.78, 5) is 11.4. The molecule has 162 valence electrons. The van der Waals surface area contributed by atoms with Crippen LogP contribution in [-0.2, 0) is 10.0 Å². The van der Waals surface area contributed by atoms with Crippen LogP contribution in [0.1, 0.15) is 25.0 Å². The molecular weight excluding hydrogens is 417 g/mol. The summed E-state index contributed by atoms with van der Waals surface area (Å²) < 4.78 is 40.4. The van der Waals surface area contributed by atoms with Gasteiger partial charge in [0.25, 0.3) is 10.0 Å². The maximum Gasteiger partial charge on any atom is 0.261 e. The van der Waals surface area contributed by atoms with Crippen LogP contribution in [0.2, 0.25) is 0 Å². The van der Waals surface area contributed by atoms with Crippen molar-refractivity contribution in [3.05, 3.63) is 66.1 Å². The minimum atomic E-state index is -3.79. The fourth-order valence-corrected chi connectivity index (χ4v) is 4.51. The molecule has 4 rings (SSSR count). The molecule has 1 aliphatic rings. The van der Waals surface area contributed by atoms with Gasteiger partial charge >= 0.3 is 0 Å². The summed E-state index contributed by atoms with van der Waals surface area (Å²) >= 11 is 0. The second kappa shape index (κ2) is 8.89. The van der Waals surface area contributed by atoms with Crippen molar-refractivity contribution in [2.24, 2.45) is 0 Å². The lowest BCUT2D eigenvalue weighted by atomic mass is 10.1. The lowest BCUT2D eigenvalue weighted by molar-refractivity contribution is 0.568. The first-order valence-electron chi connectivity index (χ1n) is 10.2. The molecule has 31 heavy (non-hydrogen) atoms. The molecule has 0 saturated carbocycles. The van der Waals surface area contributed by atoms with Crippen molar-refractivity contribution in [2.75, 3.05) is 28.0 Å². The van der Waals surface area contributed by atoms with Crippen molar-refractivity contribution < 1.29 is 12.8 Å². The van der Waals surface area contributed by atoms with Gasteiger partial charge < -0.3 is 10.2 Å². The number of aryl methyl sites for hydroxylation is 1. The fourth-order valence-electron chi connectivity index (χ4n) is 3.45. The van der Waals surface area contributed by atoms with E-state index in [0.717, 1.165) is 55.4 Å². The largest absolute Gasteiger partial charge is 0.341 e. The normalized spacial score (nSPS) is 14.3. The van der Waals surface area contributed by atoms with Crippen molar-refractivity contribution in [1.82, 2.24) is 9.97 Å². The van der Waals surface area contributed by atoms with Gasteiger partial charge in [-0.15, -0.1) is 0 Å². The van der Waals surface area contributed by atoms with Gasteiger partial charge in [0.2, 0.25) is 5.95 Å². The van der Waals surface area contributed by atoms with Crippen LogP contribution in [0.15, 0.2) is 59.5 Å². The van der Waals surface area contributed by atoms with Crippen molar-refractivity contribution in [3.63, 3.8) is 0 Å². The number of hydrogen-bond acceptors (Lipinski definition) is 6. The van der Waals surface area contributed by atoms with Crippen LogP contribution in [0.3, 0.4) is 0 Å². The zero-order chi connectivity index (χ0) is 21.8. The molecule has 2 heterocycles. The van der Waals surface area contributed by atoms with Crippen molar-refractivity contribution >= 4 is 33.2 Å². The Morgan fingerprint density at radius 2 is 1.55 bits per heavy atom. The van der Waals surface area contributed by atoms with Gasteiger partial charge in [-0.2, -0.15) is 4.98 Å². The molecule has 1 aliphatic heterocycles. The summed E-state index contributed by atoms with van der Waals surface area (Å²) in [6.07, 6.45) is 3.54. The third-order valence-corrected chi connectivity index (χ3v) is 6.41. The predicted molar refractivity (Wildman–Crippen MR) is 120 cm³/mol. The van der Waals surface area contributed by atoms with Crippen LogP contribution in [0.25, 0.3) is 0 Å². The Labute approximate surface area is 181 Å². The number of halogens is 1. The van der Waals surface area contributed by atoms with E-state index < -0.39 is 15.8 Å². The summed E-state index contributed by atoms with van der Waals surface area (Å²) in [5.74, 6) is 0.927. The number of aromatic nitrogens is 2. The first-order valence-corrected chi connectivity index (χ1v) is 11.6. The Morgan fingerprint density at radius 3 is 2.23 bits per heavy atom. The number of hydrogen-bond donors (Lipinski definition) is 2. The van der Waals surface area contributed by atoms with Crippen molar-refractivity contribution in [1.29, 1.82) is 0 Å². The first kappa shape index (κ1) is 21.0. The highest BCUT2D eigenvalue weighted by atomic mass is 32.2. The molecule has 2 N–H and O–H groups in total. The number of nitrogens with zero attached hydrogens (tertiary/aromatic N) is 3. The minimum absolute atomic E-state index is 0.00203. The molecule has 0 aliphatic carbocycles. The smallest absolute Gasteiger partial charge is 0.261 e. The van der Waals surface area contributed by atoms with E-state index in [-0.39, 0.29) is 4.90 Å². The van der Waals surface area contributed by atoms with E-state index in [4.69, 9.17) is 0 Å². The zero-order valence-corrected chi connectivity index (χ0v) is 18.0. The predicted octanol–water partition coefficient (Wildman–Crippen LogP) is 4.46. The summed E-state index contributed by atoms with van der Waals surface area (Å²) in [5.41, 5.74) is 2.05. The molecule has 0 amide bonds. The van der Waals surface area contributed by atoms with Gasteiger partial charge in [-0.1, -0.05) is 0 Å². The second-order valence-corrected chi connectivity index (χ2v) is 9.19. The van der Waals surface area contributed by atoms with Crippen molar-refractivity contribution in [3.8, 4) is 0 Å².